The molecule has 0 amide bonds. The summed E-state index contributed by atoms with van der Waals surface area (Å²) >= 11 is 2.68. The van der Waals surface area contributed by atoms with Crippen LogP contribution in [0.15, 0.2) is 50.2 Å². The molecule has 10 heteroatoms. The quantitative estimate of drug-likeness (QED) is 0.359. The Labute approximate surface area is 186 Å². The lowest BCUT2D eigenvalue weighted by Gasteiger charge is -2.14. The van der Waals surface area contributed by atoms with E-state index in [4.69, 9.17) is 18.6 Å². The Morgan fingerprint density at radius 1 is 0.935 bits per heavy atom. The molecule has 0 saturated carbocycles. The van der Waals surface area contributed by atoms with E-state index in [0.29, 0.717) is 37.9 Å². The van der Waals surface area contributed by atoms with Gasteiger partial charge in [0.1, 0.15) is 16.5 Å². The Morgan fingerprint density at radius 2 is 1.71 bits per heavy atom. The van der Waals surface area contributed by atoms with Gasteiger partial charge in [0.25, 0.3) is 0 Å². The van der Waals surface area contributed by atoms with Crippen LogP contribution < -0.4 is 14.2 Å². The van der Waals surface area contributed by atoms with Gasteiger partial charge in [-0.1, -0.05) is 23.5 Å². The highest BCUT2D eigenvalue weighted by atomic mass is 32.2. The number of nitrogens with zero attached hydrogens (tertiary/aromatic N) is 3. The molecule has 2 aromatic heterocycles. The molecule has 0 saturated heterocycles. The molecule has 0 atom stereocenters. The van der Waals surface area contributed by atoms with Gasteiger partial charge in [-0.2, -0.15) is 0 Å². The zero-order chi connectivity index (χ0) is 22.0. The zero-order valence-electron chi connectivity index (χ0n) is 17.1. The lowest BCUT2D eigenvalue weighted by molar-refractivity contribution is 0.325. The Bertz CT molecular complexity index is 1230. The van der Waals surface area contributed by atoms with Crippen molar-refractivity contribution in [3.63, 3.8) is 0 Å². The normalized spacial score (nSPS) is 10.9. The number of rotatable bonds is 7. The van der Waals surface area contributed by atoms with Crippen LogP contribution in [0.5, 0.6) is 17.2 Å². The first-order valence-corrected chi connectivity index (χ1v) is 10.7. The summed E-state index contributed by atoms with van der Waals surface area (Å²) in [6.07, 6.45) is 0. The predicted molar refractivity (Wildman–Crippen MR) is 116 cm³/mol. The van der Waals surface area contributed by atoms with Crippen LogP contribution in [0, 0.1) is 12.7 Å². The highest BCUT2D eigenvalue weighted by molar-refractivity contribution is 8.01. The van der Waals surface area contributed by atoms with Crippen molar-refractivity contribution in [2.24, 2.45) is 0 Å². The molecule has 0 aliphatic rings. The predicted octanol–water partition coefficient (Wildman–Crippen LogP) is 5.48. The highest BCUT2D eigenvalue weighted by Gasteiger charge is 2.26. The van der Waals surface area contributed by atoms with Gasteiger partial charge in [-0.3, -0.25) is 0 Å². The molecule has 31 heavy (non-hydrogen) atoms. The van der Waals surface area contributed by atoms with Gasteiger partial charge in [0.2, 0.25) is 11.6 Å². The number of hydrogen-bond acceptors (Lipinski definition) is 9. The Hall–Kier alpha value is -3.11. The van der Waals surface area contributed by atoms with Gasteiger partial charge < -0.3 is 18.6 Å². The molecule has 0 spiro atoms. The smallest absolute Gasteiger partial charge is 0.231 e. The number of aryl methyl sites for hydroxylation is 1. The lowest BCUT2D eigenvalue weighted by Crippen LogP contribution is -1.97. The first-order chi connectivity index (χ1) is 15.0. The van der Waals surface area contributed by atoms with Crippen LogP contribution in [-0.2, 0) is 0 Å². The number of benzene rings is 2. The maximum atomic E-state index is 14.4. The van der Waals surface area contributed by atoms with Gasteiger partial charge in [0.05, 0.1) is 32.5 Å². The van der Waals surface area contributed by atoms with Crippen molar-refractivity contribution in [1.82, 2.24) is 15.2 Å². The molecular weight excluding hydrogens is 441 g/mol. The third-order valence-corrected chi connectivity index (χ3v) is 6.20. The van der Waals surface area contributed by atoms with Crippen LogP contribution in [0.3, 0.4) is 0 Å². The number of hydrogen-bond donors (Lipinski definition) is 0. The van der Waals surface area contributed by atoms with Gasteiger partial charge >= 0.3 is 0 Å². The van der Waals surface area contributed by atoms with E-state index in [1.165, 1.54) is 43.4 Å². The number of halogens is 1. The summed E-state index contributed by atoms with van der Waals surface area (Å²) < 4.78 is 37.6. The van der Waals surface area contributed by atoms with E-state index in [9.17, 15) is 4.39 Å². The molecule has 0 bridgehead atoms. The maximum absolute atomic E-state index is 14.4. The first kappa shape index (κ1) is 21.1. The van der Waals surface area contributed by atoms with Crippen LogP contribution in [0.1, 0.15) is 5.01 Å². The second kappa shape index (κ2) is 8.94. The largest absolute Gasteiger partial charge is 0.493 e. The van der Waals surface area contributed by atoms with E-state index < -0.39 is 5.82 Å². The van der Waals surface area contributed by atoms with Gasteiger partial charge in [-0.05, 0) is 43.0 Å². The average molecular weight is 460 g/mol. The summed E-state index contributed by atoms with van der Waals surface area (Å²) in [5.74, 6) is 1.06. The second-order valence-corrected chi connectivity index (χ2v) is 8.61. The summed E-state index contributed by atoms with van der Waals surface area (Å²) in [7, 11) is 4.60. The topological polar surface area (TPSA) is 79.5 Å². The van der Waals surface area contributed by atoms with Crippen molar-refractivity contribution in [3.05, 3.63) is 47.2 Å². The third kappa shape index (κ3) is 4.08. The molecular formula is C21H18FN3O4S2. The molecule has 2 aromatic carbocycles. The molecule has 4 aromatic rings. The maximum Gasteiger partial charge on any atom is 0.231 e. The van der Waals surface area contributed by atoms with E-state index >= 15 is 0 Å². The summed E-state index contributed by atoms with van der Waals surface area (Å²) in [4.78, 5) is 4.61. The van der Waals surface area contributed by atoms with Crippen LogP contribution in [-0.4, -0.2) is 36.5 Å². The standard InChI is InChI=1S/C21H18FN3O4S2/c1-11-24-25-21(30-11)31-20-16(23-19(29-20)12-7-5-6-8-14(12)22)13-9-10-15(26-2)18(28-4)17(13)27-3/h5-10H,1-4H3. The minimum absolute atomic E-state index is 0.147. The Morgan fingerprint density at radius 3 is 2.35 bits per heavy atom. The summed E-state index contributed by atoms with van der Waals surface area (Å²) in [6.45, 7) is 1.87. The van der Waals surface area contributed by atoms with Crippen LogP contribution in [0.4, 0.5) is 4.39 Å². The van der Waals surface area contributed by atoms with Crippen molar-refractivity contribution in [2.45, 2.75) is 16.4 Å². The van der Waals surface area contributed by atoms with E-state index in [-0.39, 0.29) is 11.5 Å². The van der Waals surface area contributed by atoms with Crippen molar-refractivity contribution < 1.29 is 23.0 Å². The first-order valence-electron chi connectivity index (χ1n) is 9.08. The highest BCUT2D eigenvalue weighted by Crippen LogP contribution is 2.48. The summed E-state index contributed by atoms with van der Waals surface area (Å²) in [5, 5.41) is 9.44. The fourth-order valence-corrected chi connectivity index (χ4v) is 4.77. The molecule has 0 unspecified atom stereocenters. The summed E-state index contributed by atoms with van der Waals surface area (Å²) in [6, 6.07) is 9.84. The SMILES string of the molecule is COc1ccc(-c2nc(-c3ccccc3F)oc2Sc2nnc(C)s2)c(OC)c1OC. The van der Waals surface area contributed by atoms with Crippen molar-refractivity contribution >= 4 is 23.1 Å². The number of aromatic nitrogens is 3. The van der Waals surface area contributed by atoms with Crippen molar-refractivity contribution in [1.29, 1.82) is 0 Å². The van der Waals surface area contributed by atoms with Crippen LogP contribution in [0.25, 0.3) is 22.7 Å². The second-order valence-electron chi connectivity index (χ2n) is 6.21. The molecule has 0 aliphatic heterocycles. The average Bonchev–Trinajstić information content (AvgIpc) is 3.38. The monoisotopic (exact) mass is 459 g/mol. The number of oxazole rings is 1. The number of methoxy groups -OCH3 is 3. The van der Waals surface area contributed by atoms with E-state index in [0.717, 1.165) is 5.01 Å². The van der Waals surface area contributed by atoms with Gasteiger partial charge in [0, 0.05) is 0 Å². The Kier molecular flexibility index (Phi) is 6.10. The van der Waals surface area contributed by atoms with Crippen molar-refractivity contribution in [3.8, 4) is 40.0 Å². The Balaban J connectivity index is 1.91. The van der Waals surface area contributed by atoms with Gasteiger partial charge in [0.15, 0.2) is 20.9 Å². The van der Waals surface area contributed by atoms with Crippen LogP contribution >= 0.6 is 23.1 Å². The van der Waals surface area contributed by atoms with E-state index in [1.54, 1.807) is 37.4 Å². The third-order valence-electron chi connectivity index (χ3n) is 4.35. The molecule has 0 fully saturated rings. The summed E-state index contributed by atoms with van der Waals surface area (Å²) in [5.41, 5.74) is 1.33. The molecule has 7 nitrogen and oxygen atoms in total. The van der Waals surface area contributed by atoms with E-state index in [1.807, 2.05) is 6.92 Å². The fourth-order valence-electron chi connectivity index (χ4n) is 2.98. The number of ether oxygens (including phenoxy) is 3. The lowest BCUT2D eigenvalue weighted by atomic mass is 10.1. The van der Waals surface area contributed by atoms with Gasteiger partial charge in [-0.15, -0.1) is 10.2 Å². The van der Waals surface area contributed by atoms with Gasteiger partial charge in [-0.25, -0.2) is 9.37 Å². The minimum atomic E-state index is -0.433. The molecule has 0 radical (unpaired) electrons. The van der Waals surface area contributed by atoms with Crippen molar-refractivity contribution in [2.75, 3.05) is 21.3 Å². The minimum Gasteiger partial charge on any atom is -0.493 e. The van der Waals surface area contributed by atoms with Crippen LogP contribution in [0.2, 0.25) is 0 Å². The molecule has 0 aliphatic carbocycles. The molecule has 160 valence electrons. The van der Waals surface area contributed by atoms with E-state index in [2.05, 4.69) is 15.2 Å². The zero-order valence-corrected chi connectivity index (χ0v) is 18.8. The fraction of sp³-hybridized carbons (Fsp3) is 0.190. The molecule has 4 rings (SSSR count). The molecule has 0 N–H and O–H groups in total. The molecule has 2 heterocycles.